The van der Waals surface area contributed by atoms with Crippen LogP contribution in [0.1, 0.15) is 31.6 Å². The summed E-state index contributed by atoms with van der Waals surface area (Å²) in [5.41, 5.74) is -0.662. The Bertz CT molecular complexity index is 1100. The number of nitrogens with one attached hydrogen (secondary N) is 1. The zero-order chi connectivity index (χ0) is 26.0. The fourth-order valence-corrected chi connectivity index (χ4v) is 7.78. The normalized spacial score (nSPS) is 32.4. The SMILES string of the molecule is [B]C1CC(OP(C)(=S)OCC)C(COP(C)(=O)OC2CC(n3cc(C)c(=O)[nH]c3=O)OC2CI)O1. The molecule has 0 spiro atoms. The van der Waals surface area contributed by atoms with Gasteiger partial charge in [0, 0.05) is 41.9 Å². The number of aromatic nitrogens is 2. The lowest BCUT2D eigenvalue weighted by atomic mass is 9.96. The summed E-state index contributed by atoms with van der Waals surface area (Å²) in [5, 5.41) is 0. The van der Waals surface area contributed by atoms with Crippen molar-refractivity contribution in [1.82, 2.24) is 9.55 Å². The van der Waals surface area contributed by atoms with E-state index in [4.69, 9.17) is 47.2 Å². The fraction of sp³-hybridized carbons (Fsp3) is 0.789. The number of H-pyrrole nitrogens is 1. The molecule has 8 atom stereocenters. The number of hydrogen-bond acceptors (Lipinski definition) is 10. The number of rotatable bonds is 11. The molecule has 16 heteroatoms. The van der Waals surface area contributed by atoms with E-state index in [0.717, 1.165) is 0 Å². The number of hydrogen-bond donors (Lipinski definition) is 1. The molecule has 1 N–H and O–H groups in total. The lowest BCUT2D eigenvalue weighted by molar-refractivity contribution is -0.0108. The molecule has 2 fully saturated rings. The third-order valence-corrected chi connectivity index (χ3v) is 9.60. The average molecular weight is 662 g/mol. The molecule has 35 heavy (non-hydrogen) atoms. The van der Waals surface area contributed by atoms with Crippen LogP contribution in [0.25, 0.3) is 0 Å². The first-order chi connectivity index (χ1) is 16.3. The van der Waals surface area contributed by atoms with E-state index in [0.29, 0.717) is 23.0 Å². The lowest BCUT2D eigenvalue weighted by Gasteiger charge is -2.26. The molecule has 11 nitrogen and oxygen atoms in total. The van der Waals surface area contributed by atoms with Crippen LogP contribution in [0.2, 0.25) is 0 Å². The Morgan fingerprint density at radius 1 is 1.20 bits per heavy atom. The lowest BCUT2D eigenvalue weighted by Crippen LogP contribution is -2.33. The van der Waals surface area contributed by atoms with E-state index in [1.165, 1.54) is 17.4 Å². The second kappa shape index (κ2) is 12.3. The summed E-state index contributed by atoms with van der Waals surface area (Å²) in [7, 11) is 2.38. The van der Waals surface area contributed by atoms with E-state index >= 15 is 0 Å². The van der Waals surface area contributed by atoms with Crippen molar-refractivity contribution in [2.75, 3.05) is 31.0 Å². The zero-order valence-electron chi connectivity index (χ0n) is 20.0. The molecule has 0 bridgehead atoms. The Hall–Kier alpha value is 0.115. The number of aromatic amines is 1. The van der Waals surface area contributed by atoms with Gasteiger partial charge in [0.05, 0.1) is 31.5 Å². The third-order valence-electron chi connectivity index (χ3n) is 5.51. The van der Waals surface area contributed by atoms with Gasteiger partial charge in [-0.3, -0.25) is 18.9 Å². The highest BCUT2D eigenvalue weighted by Crippen LogP contribution is 2.51. The second-order valence-corrected chi connectivity index (χ2v) is 15.4. The van der Waals surface area contributed by atoms with E-state index < -0.39 is 62.0 Å². The van der Waals surface area contributed by atoms with Crippen LogP contribution in [0, 0.1) is 6.92 Å². The van der Waals surface area contributed by atoms with Crippen LogP contribution in [0.5, 0.6) is 0 Å². The fourth-order valence-electron chi connectivity index (χ4n) is 3.92. The number of ether oxygens (including phenoxy) is 2. The highest BCUT2D eigenvalue weighted by Gasteiger charge is 2.42. The van der Waals surface area contributed by atoms with Gasteiger partial charge < -0.3 is 27.6 Å². The molecule has 1 aromatic heterocycles. The van der Waals surface area contributed by atoms with Crippen molar-refractivity contribution in [3.8, 4) is 0 Å². The van der Waals surface area contributed by atoms with Crippen molar-refractivity contribution < 1.29 is 32.1 Å². The minimum absolute atomic E-state index is 0.0713. The zero-order valence-corrected chi connectivity index (χ0v) is 24.7. The molecule has 2 aliphatic heterocycles. The van der Waals surface area contributed by atoms with E-state index in [-0.39, 0.29) is 13.0 Å². The maximum atomic E-state index is 13.2. The van der Waals surface area contributed by atoms with Crippen molar-refractivity contribution in [2.45, 2.75) is 63.3 Å². The van der Waals surface area contributed by atoms with E-state index in [9.17, 15) is 14.2 Å². The first-order valence-electron chi connectivity index (χ1n) is 11.1. The first-order valence-corrected chi connectivity index (χ1v) is 17.7. The Labute approximate surface area is 224 Å². The first kappa shape index (κ1) is 29.7. The number of halogens is 1. The summed E-state index contributed by atoms with van der Waals surface area (Å²) in [6.45, 7) is 4.42. The van der Waals surface area contributed by atoms with E-state index in [1.54, 1.807) is 13.6 Å². The molecule has 3 rings (SSSR count). The summed E-state index contributed by atoms with van der Waals surface area (Å²) in [6.07, 6.45) is -0.632. The Kier molecular flexibility index (Phi) is 10.4. The summed E-state index contributed by atoms with van der Waals surface area (Å²) >= 11 is 7.55. The van der Waals surface area contributed by atoms with Crippen LogP contribution in [0.4, 0.5) is 0 Å². The van der Waals surface area contributed by atoms with Crippen LogP contribution in [0.3, 0.4) is 0 Å². The molecular formula is C19H30BIN2O9P2S. The van der Waals surface area contributed by atoms with Gasteiger partial charge in [-0.2, -0.15) is 0 Å². The predicted octanol–water partition coefficient (Wildman–Crippen LogP) is 2.44. The summed E-state index contributed by atoms with van der Waals surface area (Å²) in [5.74, 6) is 0. The van der Waals surface area contributed by atoms with Crippen LogP contribution >= 0.6 is 36.7 Å². The van der Waals surface area contributed by atoms with Crippen LogP contribution in [-0.4, -0.2) is 78.8 Å². The molecule has 0 saturated carbocycles. The largest absolute Gasteiger partial charge is 0.380 e. The summed E-state index contributed by atoms with van der Waals surface area (Å²) < 4.78 is 49.7. The molecule has 8 unspecified atom stereocenters. The Morgan fingerprint density at radius 2 is 1.89 bits per heavy atom. The summed E-state index contributed by atoms with van der Waals surface area (Å²) in [4.78, 5) is 26.2. The van der Waals surface area contributed by atoms with Gasteiger partial charge in [0.25, 0.3) is 5.56 Å². The van der Waals surface area contributed by atoms with Gasteiger partial charge in [-0.15, -0.1) is 0 Å². The molecule has 0 aliphatic carbocycles. The van der Waals surface area contributed by atoms with Crippen LogP contribution in [0.15, 0.2) is 15.8 Å². The van der Waals surface area contributed by atoms with Gasteiger partial charge in [0.2, 0.25) is 0 Å². The van der Waals surface area contributed by atoms with Crippen molar-refractivity contribution in [1.29, 1.82) is 0 Å². The van der Waals surface area contributed by atoms with Gasteiger partial charge in [0.1, 0.15) is 20.2 Å². The van der Waals surface area contributed by atoms with Crippen LogP contribution < -0.4 is 11.2 Å². The molecule has 0 amide bonds. The standard InChI is InChI=1S/C19H30BIN2O9P2S/c1-5-27-34(4,35)32-12-6-16(20)29-15(12)10-28-33(3,26)31-13-7-17(30-14(13)8-21)23-9-11(2)18(24)22-19(23)25/h9,12-17H,5-8,10H2,1-4H3,(H,22,24,25). The smallest absolute Gasteiger partial charge is 0.330 e. The van der Waals surface area contributed by atoms with Gasteiger partial charge in [-0.25, -0.2) is 4.79 Å². The molecule has 0 aromatic carbocycles. The molecule has 196 valence electrons. The predicted molar refractivity (Wildman–Crippen MR) is 144 cm³/mol. The molecular weight excluding hydrogens is 632 g/mol. The van der Waals surface area contributed by atoms with Crippen molar-refractivity contribution in [3.63, 3.8) is 0 Å². The maximum Gasteiger partial charge on any atom is 0.330 e. The molecule has 2 aliphatic rings. The monoisotopic (exact) mass is 662 g/mol. The average Bonchev–Trinajstić information content (AvgIpc) is 3.30. The Balaban J connectivity index is 1.63. The van der Waals surface area contributed by atoms with Crippen molar-refractivity contribution in [2.24, 2.45) is 0 Å². The van der Waals surface area contributed by atoms with Gasteiger partial charge in [-0.05, 0) is 32.1 Å². The molecule has 1 aromatic rings. The molecule has 3 heterocycles. The minimum Gasteiger partial charge on any atom is -0.380 e. The van der Waals surface area contributed by atoms with Crippen LogP contribution in [-0.2, 0) is 43.9 Å². The van der Waals surface area contributed by atoms with Crippen molar-refractivity contribution in [3.05, 3.63) is 32.6 Å². The van der Waals surface area contributed by atoms with Gasteiger partial charge in [-0.1, -0.05) is 22.6 Å². The number of alkyl halides is 1. The van der Waals surface area contributed by atoms with Crippen molar-refractivity contribution >= 4 is 56.3 Å². The van der Waals surface area contributed by atoms with E-state index in [2.05, 4.69) is 27.6 Å². The highest BCUT2D eigenvalue weighted by molar-refractivity contribution is 14.1. The summed E-state index contributed by atoms with van der Waals surface area (Å²) in [6, 6.07) is -0.561. The number of nitrogens with zero attached hydrogens (tertiary/aromatic N) is 1. The third kappa shape index (κ3) is 8.05. The topological polar surface area (TPSA) is 127 Å². The Morgan fingerprint density at radius 3 is 2.54 bits per heavy atom. The minimum atomic E-state index is -3.56. The molecule has 2 saturated heterocycles. The second-order valence-electron chi connectivity index (χ2n) is 8.49. The molecule has 2 radical (unpaired) electrons. The van der Waals surface area contributed by atoms with E-state index in [1.807, 2.05) is 6.92 Å². The van der Waals surface area contributed by atoms with Gasteiger partial charge >= 0.3 is 13.3 Å². The van der Waals surface area contributed by atoms with Gasteiger partial charge in [0.15, 0.2) is 6.49 Å². The quantitative estimate of drug-likeness (QED) is 0.164. The number of aryl methyl sites for hydroxylation is 1. The maximum absolute atomic E-state index is 13.2. The highest BCUT2D eigenvalue weighted by atomic mass is 127.